The summed E-state index contributed by atoms with van der Waals surface area (Å²) >= 11 is 0. The molecule has 0 aliphatic heterocycles. The summed E-state index contributed by atoms with van der Waals surface area (Å²) < 4.78 is 26.5. The van der Waals surface area contributed by atoms with Crippen molar-refractivity contribution >= 4 is 27.3 Å². The van der Waals surface area contributed by atoms with E-state index in [1.165, 1.54) is 16.4 Å². The minimum atomic E-state index is -3.58. The van der Waals surface area contributed by atoms with Gasteiger partial charge in [0.25, 0.3) is 0 Å². The van der Waals surface area contributed by atoms with Gasteiger partial charge in [-0.1, -0.05) is 19.9 Å². The molecular weight excluding hydrogens is 364 g/mol. The number of rotatable bonds is 8. The van der Waals surface area contributed by atoms with E-state index in [0.29, 0.717) is 30.0 Å². The molecule has 0 bridgehead atoms. The van der Waals surface area contributed by atoms with Crippen molar-refractivity contribution in [2.24, 2.45) is 0 Å². The first-order valence-electron chi connectivity index (χ1n) is 8.54. The van der Waals surface area contributed by atoms with Crippen molar-refractivity contribution < 1.29 is 13.2 Å². The van der Waals surface area contributed by atoms with Gasteiger partial charge in [-0.25, -0.2) is 8.42 Å². The maximum Gasteiger partial charge on any atom is 0.243 e. The smallest absolute Gasteiger partial charge is 0.243 e. The zero-order chi connectivity index (χ0) is 19.9. The highest BCUT2D eigenvalue weighted by Crippen LogP contribution is 2.19. The van der Waals surface area contributed by atoms with Crippen LogP contribution in [0.2, 0.25) is 0 Å². The Labute approximate surface area is 159 Å². The summed E-state index contributed by atoms with van der Waals surface area (Å²) in [6, 6.07) is 15.0. The van der Waals surface area contributed by atoms with E-state index >= 15 is 0 Å². The second kappa shape index (κ2) is 9.16. The Hall–Kier alpha value is -2.89. The van der Waals surface area contributed by atoms with Crippen molar-refractivity contribution in [2.75, 3.05) is 30.3 Å². The lowest BCUT2D eigenvalue weighted by atomic mass is 10.2. The number of benzene rings is 2. The highest BCUT2D eigenvalue weighted by Gasteiger charge is 2.21. The average molecular weight is 386 g/mol. The van der Waals surface area contributed by atoms with Crippen molar-refractivity contribution in [1.29, 1.82) is 5.26 Å². The molecule has 0 saturated carbocycles. The summed E-state index contributed by atoms with van der Waals surface area (Å²) in [5.41, 5.74) is 1.66. The number of hydrogen-bond acceptors (Lipinski definition) is 5. The molecule has 2 N–H and O–H groups in total. The molecule has 8 heteroatoms. The van der Waals surface area contributed by atoms with Crippen LogP contribution in [0.15, 0.2) is 53.4 Å². The number of nitriles is 1. The van der Waals surface area contributed by atoms with Crippen molar-refractivity contribution in [3.05, 3.63) is 54.1 Å². The molecule has 7 nitrogen and oxygen atoms in total. The second-order valence-electron chi connectivity index (χ2n) is 5.71. The van der Waals surface area contributed by atoms with E-state index in [-0.39, 0.29) is 17.3 Å². The fourth-order valence-corrected chi connectivity index (χ4v) is 4.00. The third-order valence-corrected chi connectivity index (χ3v) is 5.97. The second-order valence-corrected chi connectivity index (χ2v) is 7.65. The van der Waals surface area contributed by atoms with Gasteiger partial charge in [-0.2, -0.15) is 9.57 Å². The van der Waals surface area contributed by atoms with Crippen molar-refractivity contribution in [3.8, 4) is 6.07 Å². The third kappa shape index (κ3) is 5.29. The van der Waals surface area contributed by atoms with Crippen LogP contribution in [0.25, 0.3) is 0 Å². The number of amides is 1. The fraction of sp³-hybridized carbons (Fsp3) is 0.263. The molecule has 2 rings (SSSR count). The quantitative estimate of drug-likeness (QED) is 0.726. The van der Waals surface area contributed by atoms with Gasteiger partial charge in [0.15, 0.2) is 0 Å². The number of sulfonamides is 1. The van der Waals surface area contributed by atoms with E-state index in [9.17, 15) is 13.2 Å². The fourth-order valence-electron chi connectivity index (χ4n) is 2.50. The molecule has 0 unspecified atom stereocenters. The maximum atomic E-state index is 12.6. The molecule has 0 aromatic heterocycles. The van der Waals surface area contributed by atoms with E-state index in [1.807, 2.05) is 6.07 Å². The van der Waals surface area contributed by atoms with Crippen LogP contribution < -0.4 is 10.6 Å². The molecule has 0 atom stereocenters. The number of anilines is 2. The van der Waals surface area contributed by atoms with Crippen LogP contribution >= 0.6 is 0 Å². The predicted molar refractivity (Wildman–Crippen MR) is 105 cm³/mol. The first kappa shape index (κ1) is 20.4. The summed E-state index contributed by atoms with van der Waals surface area (Å²) in [5.74, 6) is -0.309. The molecule has 0 saturated heterocycles. The number of carbonyl (C=O) groups is 1. The van der Waals surface area contributed by atoms with Crippen LogP contribution in [-0.4, -0.2) is 38.3 Å². The Kier molecular flexibility index (Phi) is 6.93. The highest BCUT2D eigenvalue weighted by atomic mass is 32.2. The first-order valence-corrected chi connectivity index (χ1v) is 9.98. The zero-order valence-corrected chi connectivity index (χ0v) is 16.1. The van der Waals surface area contributed by atoms with Gasteiger partial charge in [0.2, 0.25) is 15.9 Å². The van der Waals surface area contributed by atoms with Crippen LogP contribution in [0.5, 0.6) is 0 Å². The number of nitrogens with one attached hydrogen (secondary N) is 2. The molecule has 0 fully saturated rings. The lowest BCUT2D eigenvalue weighted by molar-refractivity contribution is -0.114. The summed E-state index contributed by atoms with van der Waals surface area (Å²) in [6.45, 7) is 4.33. The van der Waals surface area contributed by atoms with Gasteiger partial charge in [0.1, 0.15) is 0 Å². The Balaban J connectivity index is 2.02. The largest absolute Gasteiger partial charge is 0.376 e. The first-order chi connectivity index (χ1) is 12.9. The van der Waals surface area contributed by atoms with Crippen LogP contribution in [-0.2, 0) is 14.8 Å². The normalized spacial score (nSPS) is 11.0. The molecular formula is C19H22N4O3S. The van der Waals surface area contributed by atoms with E-state index in [1.54, 1.807) is 50.2 Å². The monoisotopic (exact) mass is 386 g/mol. The van der Waals surface area contributed by atoms with Crippen LogP contribution in [0, 0.1) is 11.3 Å². The Bertz CT molecular complexity index is 930. The van der Waals surface area contributed by atoms with Gasteiger partial charge in [0, 0.05) is 24.5 Å². The molecule has 0 spiro atoms. The molecule has 0 aliphatic rings. The molecule has 27 heavy (non-hydrogen) atoms. The highest BCUT2D eigenvalue weighted by molar-refractivity contribution is 7.89. The molecule has 1 amide bonds. The minimum Gasteiger partial charge on any atom is -0.376 e. The topological polar surface area (TPSA) is 102 Å². The van der Waals surface area contributed by atoms with Gasteiger partial charge in [-0.05, 0) is 42.5 Å². The van der Waals surface area contributed by atoms with Gasteiger partial charge in [0.05, 0.1) is 23.1 Å². The third-order valence-electron chi connectivity index (χ3n) is 3.93. The average Bonchev–Trinajstić information content (AvgIpc) is 2.67. The Morgan fingerprint density at radius 3 is 2.33 bits per heavy atom. The zero-order valence-electron chi connectivity index (χ0n) is 15.3. The van der Waals surface area contributed by atoms with Gasteiger partial charge in [-0.15, -0.1) is 0 Å². The van der Waals surface area contributed by atoms with E-state index in [2.05, 4.69) is 10.6 Å². The molecule has 142 valence electrons. The standard InChI is InChI=1S/C19H22N4O3S/c1-3-23(4-2)27(25,26)18-7-5-6-17(12-18)22-19(24)14-21-16-10-8-15(13-20)9-11-16/h5-12,21H,3-4,14H2,1-2H3,(H,22,24). The number of hydrogen-bond donors (Lipinski definition) is 2. The molecule has 0 heterocycles. The lowest BCUT2D eigenvalue weighted by Crippen LogP contribution is -2.30. The summed E-state index contributed by atoms with van der Waals surface area (Å²) in [5, 5.41) is 14.4. The Morgan fingerprint density at radius 1 is 1.07 bits per heavy atom. The molecule has 2 aromatic rings. The van der Waals surface area contributed by atoms with Crippen molar-refractivity contribution in [2.45, 2.75) is 18.7 Å². The van der Waals surface area contributed by atoms with Gasteiger partial charge < -0.3 is 10.6 Å². The van der Waals surface area contributed by atoms with Crippen LogP contribution in [0.3, 0.4) is 0 Å². The van der Waals surface area contributed by atoms with Gasteiger partial charge in [-0.3, -0.25) is 4.79 Å². The maximum absolute atomic E-state index is 12.6. The SMILES string of the molecule is CCN(CC)S(=O)(=O)c1cccc(NC(=O)CNc2ccc(C#N)cc2)c1. The molecule has 0 radical (unpaired) electrons. The number of carbonyl (C=O) groups excluding carboxylic acids is 1. The number of nitrogens with zero attached hydrogens (tertiary/aromatic N) is 2. The van der Waals surface area contributed by atoms with Gasteiger partial charge >= 0.3 is 0 Å². The summed E-state index contributed by atoms with van der Waals surface area (Å²) in [7, 11) is -3.58. The van der Waals surface area contributed by atoms with Crippen molar-refractivity contribution in [1.82, 2.24) is 4.31 Å². The lowest BCUT2D eigenvalue weighted by Gasteiger charge is -2.18. The van der Waals surface area contributed by atoms with E-state index in [0.717, 1.165) is 0 Å². The molecule has 0 aliphatic carbocycles. The predicted octanol–water partition coefficient (Wildman–Crippen LogP) is 2.64. The van der Waals surface area contributed by atoms with E-state index in [4.69, 9.17) is 5.26 Å². The Morgan fingerprint density at radius 2 is 1.74 bits per heavy atom. The summed E-state index contributed by atoms with van der Waals surface area (Å²) in [6.07, 6.45) is 0. The van der Waals surface area contributed by atoms with Crippen molar-refractivity contribution in [3.63, 3.8) is 0 Å². The van der Waals surface area contributed by atoms with Crippen LogP contribution in [0.1, 0.15) is 19.4 Å². The molecule has 2 aromatic carbocycles. The van der Waals surface area contributed by atoms with E-state index < -0.39 is 10.0 Å². The summed E-state index contributed by atoms with van der Waals surface area (Å²) in [4.78, 5) is 12.3. The van der Waals surface area contributed by atoms with Crippen LogP contribution in [0.4, 0.5) is 11.4 Å². The minimum absolute atomic E-state index is 0.0128.